The molecule has 2 N–H and O–H groups in total. The number of carbonyl (C=O) groups excluding carboxylic acids is 2. The minimum absolute atomic E-state index is 0.138. The fraction of sp³-hybridized carbons (Fsp3) is 0.625. The number of carbonyl (C=O) groups is 2. The van der Waals surface area contributed by atoms with Crippen molar-refractivity contribution in [2.24, 2.45) is 0 Å². The normalized spacial score (nSPS) is 21.9. The van der Waals surface area contributed by atoms with Crippen molar-refractivity contribution in [3.8, 4) is 0 Å². The molecule has 0 aliphatic carbocycles. The van der Waals surface area contributed by atoms with Crippen LogP contribution < -0.4 is 10.6 Å². The topological polar surface area (TPSA) is 61.4 Å². The first kappa shape index (κ1) is 10.9. The summed E-state index contributed by atoms with van der Waals surface area (Å²) >= 11 is 5.04. The van der Waals surface area contributed by atoms with Gasteiger partial charge >= 0.3 is 0 Å². The van der Waals surface area contributed by atoms with E-state index in [1.807, 2.05) is 6.92 Å². The maximum absolute atomic E-state index is 11.3. The summed E-state index contributed by atoms with van der Waals surface area (Å²) in [5.74, 6) is -0.616. The van der Waals surface area contributed by atoms with Crippen LogP contribution in [0.1, 0.15) is 13.8 Å². The number of rotatable bonds is 1. The number of nitrogens with zero attached hydrogens (tertiary/aromatic N) is 1. The van der Waals surface area contributed by atoms with Crippen molar-refractivity contribution in [2.45, 2.75) is 19.9 Å². The summed E-state index contributed by atoms with van der Waals surface area (Å²) in [5.41, 5.74) is 0. The van der Waals surface area contributed by atoms with E-state index in [0.29, 0.717) is 11.7 Å². The largest absolute Gasteiger partial charge is 0.363 e. The summed E-state index contributed by atoms with van der Waals surface area (Å²) in [4.78, 5) is 23.9. The number of nitrogens with one attached hydrogen (secondary N) is 2. The van der Waals surface area contributed by atoms with E-state index in [0.717, 1.165) is 0 Å². The molecule has 5 nitrogen and oxygen atoms in total. The number of imide groups is 1. The van der Waals surface area contributed by atoms with Gasteiger partial charge in [0.2, 0.25) is 11.8 Å². The van der Waals surface area contributed by atoms with Crippen LogP contribution in [0.15, 0.2) is 0 Å². The zero-order valence-corrected chi connectivity index (χ0v) is 8.98. The molecule has 1 saturated heterocycles. The van der Waals surface area contributed by atoms with Gasteiger partial charge in [0.15, 0.2) is 5.11 Å². The van der Waals surface area contributed by atoms with E-state index in [9.17, 15) is 9.59 Å². The van der Waals surface area contributed by atoms with Crippen LogP contribution in [0.25, 0.3) is 0 Å². The minimum atomic E-state index is -0.390. The van der Waals surface area contributed by atoms with Gasteiger partial charge in [0.05, 0.1) is 0 Å². The molecular weight excluding hydrogens is 202 g/mol. The van der Waals surface area contributed by atoms with Crippen molar-refractivity contribution in [3.63, 3.8) is 0 Å². The van der Waals surface area contributed by atoms with Crippen molar-refractivity contribution in [1.29, 1.82) is 0 Å². The molecule has 1 heterocycles. The van der Waals surface area contributed by atoms with Gasteiger partial charge in [0, 0.05) is 6.54 Å². The lowest BCUT2D eigenvalue weighted by Crippen LogP contribution is -2.60. The molecule has 6 heteroatoms. The van der Waals surface area contributed by atoms with Crippen LogP contribution >= 0.6 is 12.2 Å². The number of piperazine rings is 1. The molecule has 1 aliphatic rings. The average Bonchev–Trinajstić information content (AvgIpc) is 2.11. The van der Waals surface area contributed by atoms with Gasteiger partial charge in [-0.05, 0) is 26.1 Å². The van der Waals surface area contributed by atoms with Crippen LogP contribution in [0.4, 0.5) is 0 Å². The molecule has 0 aromatic heterocycles. The molecule has 0 spiro atoms. The average molecular weight is 215 g/mol. The molecule has 1 rings (SSSR count). The summed E-state index contributed by atoms with van der Waals surface area (Å²) in [6.45, 7) is 4.44. The quantitative estimate of drug-likeness (QED) is 0.444. The fourth-order valence-corrected chi connectivity index (χ4v) is 1.58. The first-order chi connectivity index (χ1) is 6.56. The molecule has 0 bridgehead atoms. The van der Waals surface area contributed by atoms with Gasteiger partial charge in [-0.25, -0.2) is 0 Å². The molecule has 0 saturated carbocycles. The highest BCUT2D eigenvalue weighted by Crippen LogP contribution is 2.04. The van der Waals surface area contributed by atoms with Crippen LogP contribution in [0, 0.1) is 0 Å². The monoisotopic (exact) mass is 215 g/mol. The number of hydrogen-bond donors (Lipinski definition) is 2. The molecule has 0 radical (unpaired) electrons. The Morgan fingerprint density at radius 1 is 1.71 bits per heavy atom. The van der Waals surface area contributed by atoms with E-state index in [2.05, 4.69) is 10.6 Å². The Balaban J connectivity index is 2.71. The molecule has 1 unspecified atom stereocenters. The Labute approximate surface area is 87.8 Å². The SMILES string of the molecule is CCNC(=S)N1CC(=O)NC(=O)C1C. The van der Waals surface area contributed by atoms with Gasteiger partial charge < -0.3 is 10.2 Å². The molecule has 0 aromatic carbocycles. The second-order valence-electron chi connectivity index (χ2n) is 3.05. The van der Waals surface area contributed by atoms with E-state index in [4.69, 9.17) is 12.2 Å². The summed E-state index contributed by atoms with van der Waals surface area (Å²) < 4.78 is 0. The highest BCUT2D eigenvalue weighted by atomic mass is 32.1. The molecule has 14 heavy (non-hydrogen) atoms. The zero-order valence-electron chi connectivity index (χ0n) is 8.16. The van der Waals surface area contributed by atoms with Gasteiger partial charge in [-0.15, -0.1) is 0 Å². The molecule has 0 aromatic rings. The van der Waals surface area contributed by atoms with E-state index < -0.39 is 0 Å². The first-order valence-corrected chi connectivity index (χ1v) is 4.85. The Hall–Kier alpha value is -1.17. The molecular formula is C8H13N3O2S. The second kappa shape index (κ2) is 4.36. The lowest BCUT2D eigenvalue weighted by molar-refractivity contribution is -0.137. The van der Waals surface area contributed by atoms with Crippen LogP contribution in [0.3, 0.4) is 0 Å². The molecule has 1 aliphatic heterocycles. The molecule has 1 atom stereocenters. The van der Waals surface area contributed by atoms with E-state index in [1.165, 1.54) is 0 Å². The Morgan fingerprint density at radius 3 is 2.93 bits per heavy atom. The summed E-state index contributed by atoms with van der Waals surface area (Å²) in [6.07, 6.45) is 0. The smallest absolute Gasteiger partial charge is 0.249 e. The molecule has 1 fully saturated rings. The molecule has 2 amide bonds. The third-order valence-corrected chi connectivity index (χ3v) is 2.39. The Kier molecular flexibility index (Phi) is 3.40. The van der Waals surface area contributed by atoms with Gasteiger partial charge in [-0.2, -0.15) is 0 Å². The van der Waals surface area contributed by atoms with Crippen LogP contribution in [-0.4, -0.2) is 41.0 Å². The Morgan fingerprint density at radius 2 is 2.36 bits per heavy atom. The van der Waals surface area contributed by atoms with Gasteiger partial charge in [-0.1, -0.05) is 0 Å². The standard InChI is InChI=1S/C8H13N3O2S/c1-3-9-8(14)11-4-6(12)10-7(13)5(11)2/h5H,3-4H2,1-2H3,(H,9,14)(H,10,12,13). The highest BCUT2D eigenvalue weighted by molar-refractivity contribution is 7.80. The zero-order chi connectivity index (χ0) is 10.7. The number of amides is 2. The van der Waals surface area contributed by atoms with Crippen molar-refractivity contribution < 1.29 is 9.59 Å². The first-order valence-electron chi connectivity index (χ1n) is 4.44. The van der Waals surface area contributed by atoms with Crippen molar-refractivity contribution in [2.75, 3.05) is 13.1 Å². The van der Waals surface area contributed by atoms with Crippen LogP contribution in [0.5, 0.6) is 0 Å². The van der Waals surface area contributed by atoms with Gasteiger partial charge in [0.25, 0.3) is 0 Å². The van der Waals surface area contributed by atoms with E-state index >= 15 is 0 Å². The summed E-state index contributed by atoms with van der Waals surface area (Å²) in [5, 5.41) is 5.61. The van der Waals surface area contributed by atoms with Crippen molar-refractivity contribution >= 4 is 29.1 Å². The predicted molar refractivity (Wildman–Crippen MR) is 55.6 cm³/mol. The van der Waals surface area contributed by atoms with E-state index in [-0.39, 0.29) is 24.4 Å². The van der Waals surface area contributed by atoms with E-state index in [1.54, 1.807) is 11.8 Å². The fourth-order valence-electron chi connectivity index (χ4n) is 1.22. The maximum Gasteiger partial charge on any atom is 0.249 e. The minimum Gasteiger partial charge on any atom is -0.363 e. The van der Waals surface area contributed by atoms with Gasteiger partial charge in [-0.3, -0.25) is 14.9 Å². The summed E-state index contributed by atoms with van der Waals surface area (Å²) in [7, 11) is 0. The highest BCUT2D eigenvalue weighted by Gasteiger charge is 2.31. The van der Waals surface area contributed by atoms with Crippen molar-refractivity contribution in [3.05, 3.63) is 0 Å². The number of thiocarbonyl (C=S) groups is 1. The van der Waals surface area contributed by atoms with Crippen LogP contribution in [0.2, 0.25) is 0 Å². The van der Waals surface area contributed by atoms with Gasteiger partial charge in [0.1, 0.15) is 12.6 Å². The summed E-state index contributed by atoms with van der Waals surface area (Å²) in [6, 6.07) is -0.390. The maximum atomic E-state index is 11.3. The third-order valence-electron chi connectivity index (χ3n) is 2.01. The predicted octanol–water partition coefficient (Wildman–Crippen LogP) is -0.772. The lowest BCUT2D eigenvalue weighted by Gasteiger charge is -2.33. The van der Waals surface area contributed by atoms with Crippen molar-refractivity contribution in [1.82, 2.24) is 15.5 Å². The molecule has 78 valence electrons. The second-order valence-corrected chi connectivity index (χ2v) is 3.44. The third kappa shape index (κ3) is 2.20. The Bertz CT molecular complexity index is 280. The lowest BCUT2D eigenvalue weighted by atomic mass is 10.2. The van der Waals surface area contributed by atoms with Crippen LogP contribution in [-0.2, 0) is 9.59 Å². The number of hydrogen-bond acceptors (Lipinski definition) is 3.